The Hall–Kier alpha value is -2.52. The fourth-order valence-corrected chi connectivity index (χ4v) is 2.41. The topological polar surface area (TPSA) is 87.2 Å². The summed E-state index contributed by atoms with van der Waals surface area (Å²) in [5, 5.41) is 29.0. The van der Waals surface area contributed by atoms with Gasteiger partial charge in [-0.05, 0) is 30.3 Å². The molecule has 0 unspecified atom stereocenters. The second kappa shape index (κ2) is 5.42. The first-order valence-electron chi connectivity index (χ1n) is 5.25. The molecule has 0 saturated heterocycles. The summed E-state index contributed by atoms with van der Waals surface area (Å²) >= 11 is 1.28. The third kappa shape index (κ3) is 3.03. The maximum Gasteiger partial charge on any atom is 0.288 e. The minimum absolute atomic E-state index is 0.0326. The average molecular weight is 272 g/mol. The zero-order valence-corrected chi connectivity index (χ0v) is 10.4. The lowest BCUT2D eigenvalue weighted by molar-refractivity contribution is -0.385. The number of phenols is 1. The van der Waals surface area contributed by atoms with E-state index in [-0.39, 0.29) is 17.0 Å². The van der Waals surface area contributed by atoms with Crippen molar-refractivity contribution in [3.63, 3.8) is 0 Å². The second-order valence-electron chi connectivity index (χ2n) is 3.65. The lowest BCUT2D eigenvalue weighted by Gasteiger charge is -2.03. The number of benzene rings is 2. The van der Waals surface area contributed by atoms with Crippen LogP contribution in [0.4, 0.5) is 5.69 Å². The monoisotopic (exact) mass is 272 g/mol. The molecule has 0 bridgehead atoms. The van der Waals surface area contributed by atoms with Crippen LogP contribution in [0, 0.1) is 21.4 Å². The second-order valence-corrected chi connectivity index (χ2v) is 4.79. The average Bonchev–Trinajstić information content (AvgIpc) is 2.38. The van der Waals surface area contributed by atoms with Gasteiger partial charge in [-0.25, -0.2) is 0 Å². The van der Waals surface area contributed by atoms with Gasteiger partial charge in [0.2, 0.25) is 0 Å². The van der Waals surface area contributed by atoms with E-state index < -0.39 is 4.92 Å². The Balaban J connectivity index is 2.34. The van der Waals surface area contributed by atoms with Gasteiger partial charge < -0.3 is 5.11 Å². The van der Waals surface area contributed by atoms with E-state index in [1.807, 2.05) is 0 Å². The van der Waals surface area contributed by atoms with E-state index in [0.717, 1.165) is 4.90 Å². The van der Waals surface area contributed by atoms with Crippen LogP contribution < -0.4 is 0 Å². The van der Waals surface area contributed by atoms with Gasteiger partial charge in [0, 0.05) is 15.9 Å². The van der Waals surface area contributed by atoms with Crippen LogP contribution in [0.3, 0.4) is 0 Å². The minimum atomic E-state index is -0.578. The molecule has 5 nitrogen and oxygen atoms in total. The van der Waals surface area contributed by atoms with E-state index in [2.05, 4.69) is 0 Å². The van der Waals surface area contributed by atoms with E-state index >= 15 is 0 Å². The first kappa shape index (κ1) is 12.9. The predicted molar refractivity (Wildman–Crippen MR) is 70.0 cm³/mol. The quantitative estimate of drug-likeness (QED) is 0.684. The highest BCUT2D eigenvalue weighted by Gasteiger charge is 2.14. The van der Waals surface area contributed by atoms with Crippen LogP contribution in [0.2, 0.25) is 0 Å². The Morgan fingerprint density at radius 2 is 1.95 bits per heavy atom. The number of phenolic OH excluding ortho intramolecular Hbond substituents is 1. The molecule has 0 amide bonds. The number of nitro groups is 1. The van der Waals surface area contributed by atoms with Crippen molar-refractivity contribution in [3.05, 3.63) is 58.1 Å². The molecule has 0 radical (unpaired) electrons. The van der Waals surface area contributed by atoms with E-state index in [1.165, 1.54) is 23.9 Å². The molecule has 0 aliphatic heterocycles. The highest BCUT2D eigenvalue weighted by atomic mass is 32.2. The van der Waals surface area contributed by atoms with Crippen LogP contribution in [-0.2, 0) is 0 Å². The van der Waals surface area contributed by atoms with Gasteiger partial charge in [-0.2, -0.15) is 5.26 Å². The Morgan fingerprint density at radius 3 is 2.58 bits per heavy atom. The molecule has 6 heteroatoms. The molecule has 0 spiro atoms. The summed E-state index contributed by atoms with van der Waals surface area (Å²) in [5.41, 5.74) is -0.182. The summed E-state index contributed by atoms with van der Waals surface area (Å²) in [4.78, 5) is 11.7. The molecule has 2 rings (SSSR count). The lowest BCUT2D eigenvalue weighted by Crippen LogP contribution is -1.92. The molecule has 19 heavy (non-hydrogen) atoms. The predicted octanol–water partition coefficient (Wildman–Crippen LogP) is 3.32. The fourth-order valence-electron chi connectivity index (χ4n) is 1.50. The number of hydrogen-bond acceptors (Lipinski definition) is 5. The van der Waals surface area contributed by atoms with Crippen molar-refractivity contribution >= 4 is 17.4 Å². The van der Waals surface area contributed by atoms with Crippen LogP contribution in [0.5, 0.6) is 5.75 Å². The van der Waals surface area contributed by atoms with Gasteiger partial charge in [-0.1, -0.05) is 17.8 Å². The zero-order valence-electron chi connectivity index (χ0n) is 9.61. The molecular weight excluding hydrogens is 264 g/mol. The Kier molecular flexibility index (Phi) is 3.68. The Morgan fingerprint density at radius 1 is 1.21 bits per heavy atom. The van der Waals surface area contributed by atoms with Gasteiger partial charge >= 0.3 is 0 Å². The van der Waals surface area contributed by atoms with E-state index in [9.17, 15) is 15.2 Å². The summed E-state index contributed by atoms with van der Waals surface area (Å²) in [6.07, 6.45) is 0. The number of aromatic hydroxyl groups is 1. The van der Waals surface area contributed by atoms with Gasteiger partial charge in [-0.3, -0.25) is 10.1 Å². The number of hydrogen-bond donors (Lipinski definition) is 1. The fraction of sp³-hybridized carbons (Fsp3) is 0. The smallest absolute Gasteiger partial charge is 0.288 e. The SMILES string of the molecule is N#Cc1ccc(Sc2cccc(O)c2)cc1[N+](=O)[O-]. The van der Waals surface area contributed by atoms with E-state index in [0.29, 0.717) is 4.90 Å². The molecule has 0 aliphatic rings. The summed E-state index contributed by atoms with van der Waals surface area (Å²) in [6, 6.07) is 12.8. The van der Waals surface area contributed by atoms with Crippen molar-refractivity contribution in [1.82, 2.24) is 0 Å². The molecule has 0 aliphatic carbocycles. The zero-order chi connectivity index (χ0) is 13.8. The molecule has 94 valence electrons. The summed E-state index contributed by atoms with van der Waals surface area (Å²) in [7, 11) is 0. The molecule has 2 aromatic carbocycles. The summed E-state index contributed by atoms with van der Waals surface area (Å²) < 4.78 is 0. The Bertz CT molecular complexity index is 680. The van der Waals surface area contributed by atoms with Crippen molar-refractivity contribution in [3.8, 4) is 11.8 Å². The van der Waals surface area contributed by atoms with Crippen molar-refractivity contribution in [2.75, 3.05) is 0 Å². The normalized spacial score (nSPS) is 9.84. The van der Waals surface area contributed by atoms with Gasteiger partial charge in [0.05, 0.1) is 4.92 Å². The van der Waals surface area contributed by atoms with E-state index in [4.69, 9.17) is 5.26 Å². The maximum atomic E-state index is 10.8. The lowest BCUT2D eigenvalue weighted by atomic mass is 10.2. The molecule has 0 heterocycles. The highest BCUT2D eigenvalue weighted by molar-refractivity contribution is 7.99. The van der Waals surface area contributed by atoms with Crippen molar-refractivity contribution < 1.29 is 10.0 Å². The standard InChI is InChI=1S/C13H8N2O3S/c14-8-9-4-5-12(7-13(9)15(17)18)19-11-3-1-2-10(16)6-11/h1-7,16H. The van der Waals surface area contributed by atoms with Crippen LogP contribution in [0.25, 0.3) is 0 Å². The van der Waals surface area contributed by atoms with Crippen LogP contribution in [-0.4, -0.2) is 10.0 Å². The third-order valence-corrected chi connectivity index (χ3v) is 3.32. The molecule has 0 atom stereocenters. The highest BCUT2D eigenvalue weighted by Crippen LogP contribution is 2.32. The van der Waals surface area contributed by atoms with Crippen molar-refractivity contribution in [1.29, 1.82) is 5.26 Å². The molecule has 1 N–H and O–H groups in total. The van der Waals surface area contributed by atoms with Crippen LogP contribution >= 0.6 is 11.8 Å². The molecule has 0 saturated carbocycles. The first-order valence-corrected chi connectivity index (χ1v) is 6.07. The van der Waals surface area contributed by atoms with Gasteiger partial charge in [0.15, 0.2) is 0 Å². The Labute approximate surface area is 113 Å². The van der Waals surface area contributed by atoms with Gasteiger partial charge in [-0.15, -0.1) is 0 Å². The van der Waals surface area contributed by atoms with Crippen LogP contribution in [0.15, 0.2) is 52.3 Å². The third-order valence-electron chi connectivity index (χ3n) is 2.34. The van der Waals surface area contributed by atoms with Gasteiger partial charge in [0.1, 0.15) is 17.4 Å². The van der Waals surface area contributed by atoms with E-state index in [1.54, 1.807) is 36.4 Å². The largest absolute Gasteiger partial charge is 0.508 e. The molecule has 2 aromatic rings. The van der Waals surface area contributed by atoms with Crippen molar-refractivity contribution in [2.45, 2.75) is 9.79 Å². The number of nitrogens with zero attached hydrogens (tertiary/aromatic N) is 2. The molecular formula is C13H8N2O3S. The first-order chi connectivity index (χ1) is 9.10. The van der Waals surface area contributed by atoms with Crippen molar-refractivity contribution in [2.24, 2.45) is 0 Å². The maximum absolute atomic E-state index is 10.8. The summed E-state index contributed by atoms with van der Waals surface area (Å²) in [5.74, 6) is 0.133. The molecule has 0 fully saturated rings. The number of rotatable bonds is 3. The number of nitriles is 1. The minimum Gasteiger partial charge on any atom is -0.508 e. The summed E-state index contributed by atoms with van der Waals surface area (Å²) in [6.45, 7) is 0. The number of nitro benzene ring substituents is 1. The van der Waals surface area contributed by atoms with Crippen LogP contribution in [0.1, 0.15) is 5.56 Å². The van der Waals surface area contributed by atoms with Gasteiger partial charge in [0.25, 0.3) is 5.69 Å². The molecule has 0 aromatic heterocycles.